The van der Waals surface area contributed by atoms with E-state index >= 15 is 0 Å². The number of pyridine rings is 6. The lowest BCUT2D eigenvalue weighted by Crippen LogP contribution is -2.34. The van der Waals surface area contributed by atoms with Crippen molar-refractivity contribution in [1.82, 2.24) is 0 Å². The number of aryl methyl sites for hydroxylation is 18. The summed E-state index contributed by atoms with van der Waals surface area (Å²) in [4.78, 5) is 0. The van der Waals surface area contributed by atoms with Gasteiger partial charge in [0.25, 0.3) is 0 Å². The summed E-state index contributed by atoms with van der Waals surface area (Å²) in [5, 5.41) is 0. The smallest absolute Gasteiger partial charge is 0.201 e. The van der Waals surface area contributed by atoms with Crippen molar-refractivity contribution in [3.05, 3.63) is 322 Å². The zero-order chi connectivity index (χ0) is 70.9. The summed E-state index contributed by atoms with van der Waals surface area (Å²) in [6, 6.07) is 74.5. The highest BCUT2D eigenvalue weighted by atomic mass is 14.9. The molecular weight excluding hydrogens is 1100 g/mol. The second kappa shape index (κ2) is 32.6. The first-order valence-corrected chi connectivity index (χ1v) is 31.2. The van der Waals surface area contributed by atoms with Crippen LogP contribution in [0.15, 0.2) is 249 Å². The van der Waals surface area contributed by atoms with E-state index in [2.05, 4.69) is 328 Å². The second-order valence-electron chi connectivity index (χ2n) is 23.9. The molecule has 12 aromatic rings. The summed E-state index contributed by atoms with van der Waals surface area (Å²) < 4.78 is 57.3. The van der Waals surface area contributed by atoms with Gasteiger partial charge in [0.1, 0.15) is 42.3 Å². The second-order valence-corrected chi connectivity index (χ2v) is 23.9. The Balaban J connectivity index is 0.000000165. The monoisotopic (exact) mass is 1210 g/mol. The number of hydrogen-bond donors (Lipinski definition) is 0. The molecule has 0 saturated carbocycles. The molecule has 0 atom stereocenters. The maximum absolute atomic E-state index is 7.45. The van der Waals surface area contributed by atoms with Crippen LogP contribution in [0.2, 0.25) is 0 Å². The Bertz CT molecular complexity index is 4410. The Kier molecular flexibility index (Phi) is 21.6. The lowest BCUT2D eigenvalue weighted by atomic mass is 10.0. The number of nitrogens with zero attached hydrogens (tertiary/aromatic N) is 6. The van der Waals surface area contributed by atoms with E-state index in [1.807, 2.05) is 19.1 Å². The van der Waals surface area contributed by atoms with Crippen molar-refractivity contribution in [2.24, 2.45) is 42.3 Å². The molecule has 91 heavy (non-hydrogen) atoms. The van der Waals surface area contributed by atoms with E-state index in [0.717, 1.165) is 16.8 Å². The lowest BCUT2D eigenvalue weighted by molar-refractivity contribution is -0.666. The van der Waals surface area contributed by atoms with Crippen molar-refractivity contribution in [3.63, 3.8) is 0 Å². The molecule has 462 valence electrons. The molecular formula is C85H98N6+6. The maximum atomic E-state index is 7.45. The van der Waals surface area contributed by atoms with Gasteiger partial charge in [-0.15, -0.1) is 0 Å². The molecule has 0 aliphatic heterocycles. The molecule has 6 aromatic heterocycles. The zero-order valence-corrected chi connectivity index (χ0v) is 56.9. The van der Waals surface area contributed by atoms with E-state index in [9.17, 15) is 0 Å². The summed E-state index contributed by atoms with van der Waals surface area (Å²) >= 11 is 0. The average Bonchev–Trinajstić information content (AvgIpc) is 0.905. The summed E-state index contributed by atoms with van der Waals surface area (Å²) in [6.45, 7) is 19.0. The largest absolute Gasteiger partial charge is 0.212 e. The fourth-order valence-electron chi connectivity index (χ4n) is 11.2. The number of hydrogen-bond acceptors (Lipinski definition) is 0. The third-order valence-electron chi connectivity index (χ3n) is 16.4. The first-order chi connectivity index (χ1) is 45.9. The fraction of sp³-hybridized carbons (Fsp3) is 0.224. The molecule has 6 heteroatoms. The van der Waals surface area contributed by atoms with Crippen LogP contribution in [0.4, 0.5) is 0 Å². The van der Waals surface area contributed by atoms with Crippen molar-refractivity contribution in [3.8, 4) is 67.5 Å². The van der Waals surface area contributed by atoms with Gasteiger partial charge < -0.3 is 0 Å². The van der Waals surface area contributed by atoms with Crippen LogP contribution in [0.3, 0.4) is 0 Å². The van der Waals surface area contributed by atoms with Gasteiger partial charge in [-0.2, -0.15) is 4.57 Å². The molecule has 6 heterocycles. The molecule has 0 N–H and O–H groups in total. The van der Waals surface area contributed by atoms with Crippen molar-refractivity contribution < 1.29 is 35.6 Å². The molecule has 0 unspecified atom stereocenters. The summed E-state index contributed by atoms with van der Waals surface area (Å²) in [7, 11) is 12.2. The molecule has 12 rings (SSSR count). The molecule has 0 aliphatic rings. The third-order valence-corrected chi connectivity index (χ3v) is 16.4. The van der Waals surface area contributed by atoms with Crippen LogP contribution in [0.5, 0.6) is 0 Å². The van der Waals surface area contributed by atoms with Gasteiger partial charge in [-0.1, -0.05) is 108 Å². The molecule has 0 aliphatic carbocycles. The molecule has 0 amide bonds. The highest BCUT2D eigenvalue weighted by Gasteiger charge is 2.17. The van der Waals surface area contributed by atoms with Crippen LogP contribution in [0.1, 0.15) is 80.7 Å². The molecule has 6 nitrogen and oxygen atoms in total. The maximum Gasteiger partial charge on any atom is 0.212 e. The molecule has 0 bridgehead atoms. The predicted molar refractivity (Wildman–Crippen MR) is 380 cm³/mol. The van der Waals surface area contributed by atoms with E-state index in [1.165, 1.54) is 112 Å². The number of benzene rings is 6. The fourth-order valence-corrected chi connectivity index (χ4v) is 11.2. The lowest BCUT2D eigenvalue weighted by Gasteiger charge is -2.05. The van der Waals surface area contributed by atoms with Crippen molar-refractivity contribution in [2.45, 2.75) is 89.9 Å². The van der Waals surface area contributed by atoms with Gasteiger partial charge in [0.15, 0.2) is 36.7 Å². The average molecular weight is 1210 g/mol. The quantitative estimate of drug-likeness (QED) is 0.148. The molecule has 0 radical (unpaired) electrons. The normalized spacial score (nSPS) is 11.6. The van der Waals surface area contributed by atoms with E-state index in [1.54, 1.807) is 48.1 Å². The Morgan fingerprint density at radius 2 is 0.527 bits per heavy atom. The van der Waals surface area contributed by atoms with Crippen LogP contribution in [-0.4, -0.2) is 0 Å². The van der Waals surface area contributed by atoms with Gasteiger partial charge in [-0.05, 0) is 189 Å². The Morgan fingerprint density at radius 1 is 0.231 bits per heavy atom. The summed E-state index contributed by atoms with van der Waals surface area (Å²) in [5.74, 6) is 0. The standard InChI is InChI=1S/2C15H18N.3C14H16N.C13H14N/c2*1-11-5-7-14(13(3)9-11)15-8-6-12(2)10-16(15)4;1-11-7-4-5-9-13(11)14-10-6-8-12(2)15(14)3;1-11-7-8-13(12(2)10-11)14-6-4-5-9-15(14)3;1-11-8-9-14(15(3)10-11)13-7-5-4-6-12(13)2;1-11-7-3-4-8-12(11)13-9-5-6-10-14(13)2/h2*5-10H,1-4H3;3*4-10H,1-3H3;3-10H,1-2H3/q6*+1/i1D3,2D3;;;;;. The Hall–Kier alpha value is -9.78. The number of aromatic nitrogens is 6. The van der Waals surface area contributed by atoms with Crippen molar-refractivity contribution in [1.29, 1.82) is 0 Å². The van der Waals surface area contributed by atoms with Gasteiger partial charge in [0, 0.05) is 120 Å². The third kappa shape index (κ3) is 18.9. The van der Waals surface area contributed by atoms with Crippen molar-refractivity contribution in [2.75, 3.05) is 0 Å². The SMILES string of the molecule is Cc1ccc(-c2ccc(C)c[n+]2C)c(C)c1.Cc1ccc(-c2cccc[n+]2C)c(C)c1.Cc1ccc(-c2ccccc2C)[n+](C)c1.Cc1ccccc1-c1cccc(C)[n+]1C.Cc1ccccc1-c1cccc[n+]1C.[2H]C([2H])([2H])c1ccc(-c2ccc(C([2H])([2H])[2H])c[n+]2C)c(C)c1. The van der Waals surface area contributed by atoms with Crippen LogP contribution in [0, 0.1) is 89.9 Å². The van der Waals surface area contributed by atoms with E-state index in [4.69, 9.17) is 8.22 Å². The number of rotatable bonds is 6. The van der Waals surface area contributed by atoms with Gasteiger partial charge >= 0.3 is 0 Å². The van der Waals surface area contributed by atoms with E-state index in [-0.39, 0.29) is 5.56 Å². The van der Waals surface area contributed by atoms with Gasteiger partial charge in [-0.25, -0.2) is 22.8 Å². The summed E-state index contributed by atoms with van der Waals surface area (Å²) in [6.07, 6.45) is 10.0. The molecule has 0 saturated heterocycles. The predicted octanol–water partition coefficient (Wildman–Crippen LogP) is 17.1. The molecule has 0 spiro atoms. The van der Waals surface area contributed by atoms with Crippen LogP contribution >= 0.6 is 0 Å². The zero-order valence-electron chi connectivity index (χ0n) is 62.9. The minimum absolute atomic E-state index is 0.274. The minimum atomic E-state index is -2.14. The van der Waals surface area contributed by atoms with Crippen LogP contribution in [-0.2, 0) is 42.3 Å². The topological polar surface area (TPSA) is 23.3 Å². The van der Waals surface area contributed by atoms with E-state index in [0.29, 0.717) is 5.56 Å². The van der Waals surface area contributed by atoms with Crippen molar-refractivity contribution >= 4 is 0 Å². The molecule has 6 aromatic carbocycles. The van der Waals surface area contributed by atoms with Gasteiger partial charge in [-0.3, -0.25) is 0 Å². The van der Waals surface area contributed by atoms with Crippen LogP contribution < -0.4 is 27.4 Å². The van der Waals surface area contributed by atoms with Gasteiger partial charge in [0.05, 0.1) is 0 Å². The van der Waals surface area contributed by atoms with Gasteiger partial charge in [0.2, 0.25) is 34.2 Å². The minimum Gasteiger partial charge on any atom is -0.201 e. The summed E-state index contributed by atoms with van der Waals surface area (Å²) in [5.41, 5.74) is 29.1. The Labute approximate surface area is 554 Å². The Morgan fingerprint density at radius 3 is 0.890 bits per heavy atom. The first-order valence-electron chi connectivity index (χ1n) is 34.2. The van der Waals surface area contributed by atoms with Crippen LogP contribution in [0.25, 0.3) is 67.5 Å². The first kappa shape index (κ1) is 60.1. The highest BCUT2D eigenvalue weighted by molar-refractivity contribution is 5.65. The van der Waals surface area contributed by atoms with E-state index < -0.39 is 13.7 Å². The molecule has 0 fully saturated rings. The highest BCUT2D eigenvalue weighted by Crippen LogP contribution is 2.26.